The Morgan fingerprint density at radius 3 is 2.53 bits per heavy atom. The van der Waals surface area contributed by atoms with E-state index in [-0.39, 0.29) is 11.7 Å². The van der Waals surface area contributed by atoms with Crippen LogP contribution in [0, 0.1) is 9.39 Å². The predicted molar refractivity (Wildman–Crippen MR) is 81.4 cm³/mol. The minimum atomic E-state index is -0.285. The van der Waals surface area contributed by atoms with Crippen molar-refractivity contribution >= 4 is 28.5 Å². The summed E-state index contributed by atoms with van der Waals surface area (Å²) in [5.41, 5.74) is 1.42. The highest BCUT2D eigenvalue weighted by molar-refractivity contribution is 14.1. The van der Waals surface area contributed by atoms with Crippen LogP contribution in [0.3, 0.4) is 0 Å². The van der Waals surface area contributed by atoms with Crippen LogP contribution >= 0.6 is 22.6 Å². The molecule has 0 saturated heterocycles. The Hall–Kier alpha value is -1.43. The fraction of sp³-hybridized carbons (Fsp3) is 0.133. The molecule has 0 saturated carbocycles. The van der Waals surface area contributed by atoms with Gasteiger partial charge in [-0.2, -0.15) is 0 Å². The minimum absolute atomic E-state index is 0.0688. The van der Waals surface area contributed by atoms with Gasteiger partial charge in [0.2, 0.25) is 0 Å². The molecule has 0 N–H and O–H groups in total. The molecule has 0 bridgehead atoms. The molecule has 0 radical (unpaired) electrons. The van der Waals surface area contributed by atoms with E-state index in [1.54, 1.807) is 36.2 Å². The van der Waals surface area contributed by atoms with E-state index in [1.165, 1.54) is 12.1 Å². The van der Waals surface area contributed by atoms with Gasteiger partial charge in [-0.3, -0.25) is 4.79 Å². The lowest BCUT2D eigenvalue weighted by atomic mass is 10.1. The summed E-state index contributed by atoms with van der Waals surface area (Å²) in [4.78, 5) is 13.8. The quantitative estimate of drug-likeness (QED) is 0.756. The van der Waals surface area contributed by atoms with Gasteiger partial charge >= 0.3 is 0 Å². The number of hydrogen-bond acceptors (Lipinski definition) is 1. The highest BCUT2D eigenvalue weighted by Crippen LogP contribution is 2.11. The van der Waals surface area contributed by atoms with Crippen molar-refractivity contribution < 1.29 is 9.18 Å². The van der Waals surface area contributed by atoms with Crippen molar-refractivity contribution in [1.82, 2.24) is 4.90 Å². The summed E-state index contributed by atoms with van der Waals surface area (Å²) in [5, 5.41) is 0. The minimum Gasteiger partial charge on any atom is -0.337 e. The van der Waals surface area contributed by atoms with E-state index in [0.717, 1.165) is 9.13 Å². The largest absolute Gasteiger partial charge is 0.337 e. The highest BCUT2D eigenvalue weighted by atomic mass is 127. The SMILES string of the molecule is CN(Cc1cccc(F)c1)C(=O)c1ccc(I)cc1. The van der Waals surface area contributed by atoms with Gasteiger partial charge in [-0.05, 0) is 64.6 Å². The van der Waals surface area contributed by atoms with Crippen molar-refractivity contribution in [2.75, 3.05) is 7.05 Å². The van der Waals surface area contributed by atoms with Crippen LogP contribution in [0.4, 0.5) is 4.39 Å². The van der Waals surface area contributed by atoms with E-state index in [2.05, 4.69) is 22.6 Å². The topological polar surface area (TPSA) is 20.3 Å². The zero-order chi connectivity index (χ0) is 13.8. The van der Waals surface area contributed by atoms with Crippen LogP contribution in [-0.4, -0.2) is 17.9 Å². The van der Waals surface area contributed by atoms with Crippen molar-refractivity contribution in [3.8, 4) is 0 Å². The second-order valence-corrected chi connectivity index (χ2v) is 5.54. The Balaban J connectivity index is 2.09. The van der Waals surface area contributed by atoms with Gasteiger partial charge in [0.1, 0.15) is 5.82 Å². The molecular formula is C15H13FINO. The van der Waals surface area contributed by atoms with Crippen molar-refractivity contribution in [2.24, 2.45) is 0 Å². The van der Waals surface area contributed by atoms with Crippen molar-refractivity contribution in [2.45, 2.75) is 6.54 Å². The van der Waals surface area contributed by atoms with Gasteiger partial charge in [-0.15, -0.1) is 0 Å². The maximum absolute atomic E-state index is 13.1. The smallest absolute Gasteiger partial charge is 0.253 e. The molecule has 0 spiro atoms. The van der Waals surface area contributed by atoms with Gasteiger partial charge in [0.25, 0.3) is 5.91 Å². The van der Waals surface area contributed by atoms with Crippen molar-refractivity contribution in [3.63, 3.8) is 0 Å². The average molecular weight is 369 g/mol. The molecule has 2 nitrogen and oxygen atoms in total. The summed E-state index contributed by atoms with van der Waals surface area (Å²) in [6.07, 6.45) is 0. The van der Waals surface area contributed by atoms with E-state index in [9.17, 15) is 9.18 Å². The molecule has 19 heavy (non-hydrogen) atoms. The van der Waals surface area contributed by atoms with E-state index < -0.39 is 0 Å². The number of nitrogens with zero attached hydrogens (tertiary/aromatic N) is 1. The Morgan fingerprint density at radius 2 is 1.89 bits per heavy atom. The second kappa shape index (κ2) is 6.14. The second-order valence-electron chi connectivity index (χ2n) is 4.30. The normalized spacial score (nSPS) is 10.3. The summed E-state index contributed by atoms with van der Waals surface area (Å²) in [6.45, 7) is 0.391. The number of carbonyl (C=O) groups is 1. The van der Waals surface area contributed by atoms with E-state index in [1.807, 2.05) is 12.1 Å². The zero-order valence-corrected chi connectivity index (χ0v) is 12.6. The third kappa shape index (κ3) is 3.76. The Labute approximate surface area is 125 Å². The van der Waals surface area contributed by atoms with Crippen molar-refractivity contribution in [1.29, 1.82) is 0 Å². The number of rotatable bonds is 3. The third-order valence-electron chi connectivity index (χ3n) is 2.75. The van der Waals surface area contributed by atoms with Crippen LogP contribution in [0.5, 0.6) is 0 Å². The van der Waals surface area contributed by atoms with E-state index in [4.69, 9.17) is 0 Å². The molecule has 0 heterocycles. The van der Waals surface area contributed by atoms with E-state index >= 15 is 0 Å². The number of hydrogen-bond donors (Lipinski definition) is 0. The standard InChI is InChI=1S/C15H13FINO/c1-18(10-11-3-2-4-13(16)9-11)15(19)12-5-7-14(17)8-6-12/h2-9H,10H2,1H3. The number of amides is 1. The lowest BCUT2D eigenvalue weighted by Gasteiger charge is -2.17. The maximum atomic E-state index is 13.1. The average Bonchev–Trinajstić information content (AvgIpc) is 2.39. The van der Waals surface area contributed by atoms with Gasteiger partial charge in [0.15, 0.2) is 0 Å². The van der Waals surface area contributed by atoms with Gasteiger partial charge in [-0.25, -0.2) is 4.39 Å². The Kier molecular flexibility index (Phi) is 4.52. The lowest BCUT2D eigenvalue weighted by molar-refractivity contribution is 0.0785. The Morgan fingerprint density at radius 1 is 1.21 bits per heavy atom. The molecule has 2 aromatic carbocycles. The van der Waals surface area contributed by atoms with Crippen LogP contribution in [-0.2, 0) is 6.54 Å². The molecule has 98 valence electrons. The molecule has 0 unspecified atom stereocenters. The number of halogens is 2. The molecule has 1 amide bonds. The maximum Gasteiger partial charge on any atom is 0.253 e. The van der Waals surface area contributed by atoms with Gasteiger partial charge in [0.05, 0.1) is 0 Å². The molecule has 0 aromatic heterocycles. The van der Waals surface area contributed by atoms with Crippen LogP contribution < -0.4 is 0 Å². The summed E-state index contributed by atoms with van der Waals surface area (Å²) >= 11 is 2.19. The van der Waals surface area contributed by atoms with E-state index in [0.29, 0.717) is 12.1 Å². The van der Waals surface area contributed by atoms with Crippen LogP contribution in [0.2, 0.25) is 0 Å². The van der Waals surface area contributed by atoms with Crippen LogP contribution in [0.25, 0.3) is 0 Å². The van der Waals surface area contributed by atoms with Crippen molar-refractivity contribution in [3.05, 3.63) is 69.0 Å². The van der Waals surface area contributed by atoms with Gasteiger partial charge < -0.3 is 4.90 Å². The molecule has 0 aliphatic rings. The molecule has 0 atom stereocenters. The summed E-state index contributed by atoms with van der Waals surface area (Å²) in [5.74, 6) is -0.353. The summed E-state index contributed by atoms with van der Waals surface area (Å²) < 4.78 is 14.2. The first-order valence-corrected chi connectivity index (χ1v) is 6.89. The van der Waals surface area contributed by atoms with Crippen LogP contribution in [0.1, 0.15) is 15.9 Å². The molecule has 4 heteroatoms. The molecule has 0 aliphatic carbocycles. The number of carbonyl (C=O) groups excluding carboxylic acids is 1. The summed E-state index contributed by atoms with van der Waals surface area (Å²) in [6, 6.07) is 13.7. The van der Waals surface area contributed by atoms with Crippen LogP contribution in [0.15, 0.2) is 48.5 Å². The zero-order valence-electron chi connectivity index (χ0n) is 10.4. The molecular weight excluding hydrogens is 356 g/mol. The monoisotopic (exact) mass is 369 g/mol. The lowest BCUT2D eigenvalue weighted by Crippen LogP contribution is -2.26. The molecule has 0 fully saturated rings. The fourth-order valence-electron chi connectivity index (χ4n) is 1.79. The third-order valence-corrected chi connectivity index (χ3v) is 3.47. The van der Waals surface area contributed by atoms with Gasteiger partial charge in [-0.1, -0.05) is 12.1 Å². The summed E-state index contributed by atoms with van der Waals surface area (Å²) in [7, 11) is 1.71. The highest BCUT2D eigenvalue weighted by Gasteiger charge is 2.11. The van der Waals surface area contributed by atoms with Gasteiger partial charge in [0, 0.05) is 22.7 Å². The molecule has 2 rings (SSSR count). The first-order valence-electron chi connectivity index (χ1n) is 5.82. The first kappa shape index (κ1) is 14.0. The Bertz CT molecular complexity index is 583. The first-order chi connectivity index (χ1) is 9.06. The fourth-order valence-corrected chi connectivity index (χ4v) is 2.15. The molecule has 0 aliphatic heterocycles. The number of benzene rings is 2. The molecule has 2 aromatic rings. The predicted octanol–water partition coefficient (Wildman–Crippen LogP) is 3.70.